The van der Waals surface area contributed by atoms with Crippen LogP contribution in [0.2, 0.25) is 0 Å². The van der Waals surface area contributed by atoms with Gasteiger partial charge >= 0.3 is 0 Å². The third-order valence-corrected chi connectivity index (χ3v) is 2.15. The Morgan fingerprint density at radius 2 is 2.50 bits per heavy atom. The average Bonchev–Trinajstić information content (AvgIpc) is 2.34. The van der Waals surface area contributed by atoms with E-state index in [1.165, 1.54) is 0 Å². The lowest BCUT2D eigenvalue weighted by Gasteiger charge is -2.03. The molecule has 2 atom stereocenters. The second kappa shape index (κ2) is 3.44. The van der Waals surface area contributed by atoms with E-state index in [-0.39, 0.29) is 11.8 Å². The number of rotatable bonds is 2. The summed E-state index contributed by atoms with van der Waals surface area (Å²) in [5, 5.41) is 3.12. The maximum Gasteiger partial charge on any atom is 0.160 e. The monoisotopic (exact) mass is 209 g/mol. The Hall–Kier alpha value is 0.0400. The molecule has 10 heavy (non-hydrogen) atoms. The second-order valence-corrected chi connectivity index (χ2v) is 2.95. The van der Waals surface area contributed by atoms with Crippen LogP contribution >= 0.6 is 15.9 Å². The first-order chi connectivity index (χ1) is 4.74. The van der Waals surface area contributed by atoms with Crippen LogP contribution < -0.4 is 5.32 Å². The zero-order chi connectivity index (χ0) is 7.56. The summed E-state index contributed by atoms with van der Waals surface area (Å²) in [4.78, 5) is 10.9. The molecule has 2 nitrogen and oxygen atoms in total. The van der Waals surface area contributed by atoms with Crippen molar-refractivity contribution in [2.24, 2.45) is 0 Å². The molecule has 1 rings (SSSR count). The van der Waals surface area contributed by atoms with Gasteiger partial charge in [0.15, 0.2) is 5.78 Å². The van der Waals surface area contributed by atoms with Gasteiger partial charge in [0, 0.05) is 13.0 Å². The SMILES string of the molecule is O=C(CBr)[C@@H]1C[C@@H](F)CN1. The Bertz CT molecular complexity index is 142. The zero-order valence-electron chi connectivity index (χ0n) is 5.44. The van der Waals surface area contributed by atoms with Crippen LogP contribution in [0, 0.1) is 0 Å². The summed E-state index contributed by atoms with van der Waals surface area (Å²) in [6, 6.07) is -0.255. The molecule has 0 saturated carbocycles. The molecule has 1 aliphatic rings. The van der Waals surface area contributed by atoms with Crippen molar-refractivity contribution >= 4 is 21.7 Å². The molecule has 4 heteroatoms. The molecule has 1 aliphatic heterocycles. The molecular formula is C6H9BrFNO. The molecule has 0 spiro atoms. The highest BCUT2D eigenvalue weighted by atomic mass is 79.9. The number of halogens is 2. The summed E-state index contributed by atoms with van der Waals surface area (Å²) in [6.07, 6.45) is -0.502. The number of alkyl halides is 2. The number of hydrogen-bond acceptors (Lipinski definition) is 2. The molecule has 1 saturated heterocycles. The number of hydrogen-bond donors (Lipinski definition) is 1. The molecule has 1 N–H and O–H groups in total. The molecule has 0 aliphatic carbocycles. The van der Waals surface area contributed by atoms with Crippen molar-refractivity contribution in [2.45, 2.75) is 18.6 Å². The van der Waals surface area contributed by atoms with Gasteiger partial charge in [0.2, 0.25) is 0 Å². The average molecular weight is 210 g/mol. The molecule has 0 aromatic carbocycles. The van der Waals surface area contributed by atoms with Gasteiger partial charge in [-0.1, -0.05) is 15.9 Å². The first-order valence-corrected chi connectivity index (χ1v) is 4.32. The van der Waals surface area contributed by atoms with Crippen LogP contribution in [0.25, 0.3) is 0 Å². The molecule has 1 heterocycles. The fraction of sp³-hybridized carbons (Fsp3) is 0.833. The number of ketones is 1. The largest absolute Gasteiger partial charge is 0.304 e. The lowest BCUT2D eigenvalue weighted by atomic mass is 10.1. The van der Waals surface area contributed by atoms with E-state index in [4.69, 9.17) is 0 Å². The van der Waals surface area contributed by atoms with E-state index in [1.807, 2.05) is 0 Å². The summed E-state index contributed by atoms with van der Waals surface area (Å²) in [6.45, 7) is 0.323. The normalized spacial score (nSPS) is 32.6. The molecule has 0 unspecified atom stereocenters. The van der Waals surface area contributed by atoms with Crippen molar-refractivity contribution in [2.75, 3.05) is 11.9 Å². The lowest BCUT2D eigenvalue weighted by Crippen LogP contribution is -2.31. The Kier molecular flexibility index (Phi) is 2.80. The molecule has 0 radical (unpaired) electrons. The minimum absolute atomic E-state index is 0.0418. The van der Waals surface area contributed by atoms with Gasteiger partial charge in [-0.3, -0.25) is 4.79 Å². The van der Waals surface area contributed by atoms with E-state index in [9.17, 15) is 9.18 Å². The Labute approximate surface area is 67.3 Å². The fourth-order valence-electron chi connectivity index (χ4n) is 1.03. The molecular weight excluding hydrogens is 201 g/mol. The van der Waals surface area contributed by atoms with Gasteiger partial charge < -0.3 is 5.32 Å². The van der Waals surface area contributed by atoms with Crippen LogP contribution in [0.3, 0.4) is 0 Å². The minimum Gasteiger partial charge on any atom is -0.304 e. The molecule has 1 fully saturated rings. The van der Waals surface area contributed by atoms with Crippen molar-refractivity contribution in [1.82, 2.24) is 5.32 Å². The predicted molar refractivity (Wildman–Crippen MR) is 40.1 cm³/mol. The van der Waals surface area contributed by atoms with Gasteiger partial charge in [-0.05, 0) is 0 Å². The quantitative estimate of drug-likeness (QED) is 0.678. The Morgan fingerprint density at radius 1 is 1.80 bits per heavy atom. The number of carbonyl (C=O) groups is 1. The van der Waals surface area contributed by atoms with E-state index < -0.39 is 6.17 Å². The smallest absolute Gasteiger partial charge is 0.160 e. The first-order valence-electron chi connectivity index (χ1n) is 3.20. The van der Waals surface area contributed by atoms with Crippen LogP contribution in [0.4, 0.5) is 4.39 Å². The van der Waals surface area contributed by atoms with E-state index in [2.05, 4.69) is 21.2 Å². The highest BCUT2D eigenvalue weighted by Crippen LogP contribution is 2.11. The lowest BCUT2D eigenvalue weighted by molar-refractivity contribution is -0.118. The molecule has 0 bridgehead atoms. The maximum atomic E-state index is 12.4. The summed E-state index contributed by atoms with van der Waals surface area (Å²) in [5.41, 5.74) is 0. The first kappa shape index (κ1) is 8.14. The van der Waals surface area contributed by atoms with E-state index in [0.717, 1.165) is 0 Å². The van der Waals surface area contributed by atoms with Crippen LogP contribution in [0.1, 0.15) is 6.42 Å². The summed E-state index contributed by atoms with van der Waals surface area (Å²) < 4.78 is 12.4. The summed E-state index contributed by atoms with van der Waals surface area (Å²) >= 11 is 3.03. The van der Waals surface area contributed by atoms with E-state index >= 15 is 0 Å². The molecule has 0 aromatic rings. The standard InChI is InChI=1S/C6H9BrFNO/c7-2-6(10)5-1-4(8)3-9-5/h4-5,9H,1-3H2/t4-,5+/m1/s1. The van der Waals surface area contributed by atoms with Gasteiger partial charge in [-0.15, -0.1) is 0 Å². The molecule has 0 amide bonds. The van der Waals surface area contributed by atoms with Crippen LogP contribution in [-0.4, -0.2) is 29.9 Å². The van der Waals surface area contributed by atoms with Crippen molar-refractivity contribution in [3.8, 4) is 0 Å². The maximum absolute atomic E-state index is 12.4. The van der Waals surface area contributed by atoms with E-state index in [1.54, 1.807) is 0 Å². The molecule has 0 aromatic heterocycles. The second-order valence-electron chi connectivity index (χ2n) is 2.39. The highest BCUT2D eigenvalue weighted by Gasteiger charge is 2.27. The third kappa shape index (κ3) is 1.76. The zero-order valence-corrected chi connectivity index (χ0v) is 7.03. The molecule has 58 valence electrons. The summed E-state index contributed by atoms with van der Waals surface area (Å²) in [7, 11) is 0. The van der Waals surface area contributed by atoms with Crippen molar-refractivity contribution < 1.29 is 9.18 Å². The van der Waals surface area contributed by atoms with Crippen molar-refractivity contribution in [3.63, 3.8) is 0 Å². The van der Waals surface area contributed by atoms with Gasteiger partial charge in [0.1, 0.15) is 6.17 Å². The highest BCUT2D eigenvalue weighted by molar-refractivity contribution is 9.09. The number of Topliss-reactive ketones (excluding diaryl/α,β-unsaturated/α-hetero) is 1. The van der Waals surface area contributed by atoms with Crippen molar-refractivity contribution in [3.05, 3.63) is 0 Å². The van der Waals surface area contributed by atoms with E-state index in [0.29, 0.717) is 18.3 Å². The van der Waals surface area contributed by atoms with Gasteiger partial charge in [0.05, 0.1) is 11.4 Å². The van der Waals surface area contributed by atoms with Crippen LogP contribution in [-0.2, 0) is 4.79 Å². The number of nitrogens with one attached hydrogen (secondary N) is 1. The Morgan fingerprint density at radius 3 is 2.90 bits per heavy atom. The van der Waals surface area contributed by atoms with Gasteiger partial charge in [-0.2, -0.15) is 0 Å². The predicted octanol–water partition coefficient (Wildman–Crippen LogP) is 0.650. The van der Waals surface area contributed by atoms with Gasteiger partial charge in [0.25, 0.3) is 0 Å². The van der Waals surface area contributed by atoms with Crippen molar-refractivity contribution in [1.29, 1.82) is 0 Å². The van der Waals surface area contributed by atoms with Crippen LogP contribution in [0.15, 0.2) is 0 Å². The number of carbonyl (C=O) groups excluding carboxylic acids is 1. The minimum atomic E-state index is -0.840. The topological polar surface area (TPSA) is 29.1 Å². The van der Waals surface area contributed by atoms with Crippen LogP contribution in [0.5, 0.6) is 0 Å². The fourth-order valence-corrected chi connectivity index (χ4v) is 1.42. The third-order valence-electron chi connectivity index (χ3n) is 1.60. The van der Waals surface area contributed by atoms with Gasteiger partial charge in [-0.25, -0.2) is 4.39 Å². The summed E-state index contributed by atoms with van der Waals surface area (Å²) in [5.74, 6) is 0.0418. The Balaban J connectivity index is 2.37.